The summed E-state index contributed by atoms with van der Waals surface area (Å²) in [7, 11) is 0. The van der Waals surface area contributed by atoms with Crippen molar-refractivity contribution in [1.82, 2.24) is 15.3 Å². The second kappa shape index (κ2) is 4.72. The summed E-state index contributed by atoms with van der Waals surface area (Å²) in [4.78, 5) is 11.6. The van der Waals surface area contributed by atoms with Crippen LogP contribution in [0.2, 0.25) is 5.02 Å². The smallest absolute Gasteiger partial charge is 0.225 e. The van der Waals surface area contributed by atoms with Crippen molar-refractivity contribution in [3.05, 3.63) is 40.5 Å². The molecule has 1 aromatic carbocycles. The highest BCUT2D eigenvalue weighted by atomic mass is 35.5. The van der Waals surface area contributed by atoms with Gasteiger partial charge in [-0.25, -0.2) is 9.97 Å². The molecule has 0 unspecified atom stereocenters. The minimum Gasteiger partial charge on any atom is -0.338 e. The molecule has 2 aliphatic rings. The lowest BCUT2D eigenvalue weighted by Crippen LogP contribution is -2.44. The second-order valence-corrected chi connectivity index (χ2v) is 5.70. The number of piperazine rings is 1. The van der Waals surface area contributed by atoms with Crippen LogP contribution in [0.3, 0.4) is 0 Å². The monoisotopic (exact) mass is 286 g/mol. The van der Waals surface area contributed by atoms with Crippen LogP contribution in [0.1, 0.15) is 11.1 Å². The summed E-state index contributed by atoms with van der Waals surface area (Å²) in [5, 5.41) is 4.13. The number of fused-ring (bicyclic) bond motifs is 3. The lowest BCUT2D eigenvalue weighted by molar-refractivity contribution is 0.580. The van der Waals surface area contributed by atoms with Crippen molar-refractivity contribution in [3.63, 3.8) is 0 Å². The quantitative estimate of drug-likeness (QED) is 0.744. The van der Waals surface area contributed by atoms with Gasteiger partial charge in [-0.05, 0) is 17.7 Å². The van der Waals surface area contributed by atoms with Crippen LogP contribution in [-0.2, 0) is 6.42 Å². The molecule has 4 nitrogen and oxygen atoms in total. The van der Waals surface area contributed by atoms with Gasteiger partial charge in [0.15, 0.2) is 0 Å². The molecule has 1 aliphatic carbocycles. The summed E-state index contributed by atoms with van der Waals surface area (Å²) in [6.45, 7) is 3.91. The predicted octanol–water partition coefficient (Wildman–Crippen LogP) is 2.11. The highest BCUT2D eigenvalue weighted by Gasteiger charge is 2.22. The minimum atomic E-state index is 0.784. The first-order chi connectivity index (χ1) is 9.81. The van der Waals surface area contributed by atoms with Crippen molar-refractivity contribution in [1.29, 1.82) is 0 Å². The van der Waals surface area contributed by atoms with Crippen LogP contribution >= 0.6 is 11.6 Å². The Bertz CT molecular complexity index is 665. The van der Waals surface area contributed by atoms with Gasteiger partial charge < -0.3 is 10.2 Å². The molecule has 1 aliphatic heterocycles. The van der Waals surface area contributed by atoms with Crippen LogP contribution in [0.5, 0.6) is 0 Å². The molecule has 102 valence electrons. The highest BCUT2D eigenvalue weighted by molar-refractivity contribution is 6.30. The molecule has 2 aromatic rings. The zero-order chi connectivity index (χ0) is 13.5. The molecular weight excluding hydrogens is 272 g/mol. The van der Waals surface area contributed by atoms with E-state index in [9.17, 15) is 0 Å². The van der Waals surface area contributed by atoms with E-state index in [0.717, 1.165) is 49.3 Å². The maximum atomic E-state index is 6.07. The van der Waals surface area contributed by atoms with Gasteiger partial charge in [-0.3, -0.25) is 0 Å². The van der Waals surface area contributed by atoms with Crippen molar-refractivity contribution in [2.24, 2.45) is 0 Å². The average molecular weight is 287 g/mol. The molecule has 2 heterocycles. The average Bonchev–Trinajstić information content (AvgIpc) is 2.84. The third-order valence-electron chi connectivity index (χ3n) is 3.95. The number of halogens is 1. The normalized spacial score (nSPS) is 16.9. The van der Waals surface area contributed by atoms with E-state index in [1.807, 2.05) is 18.3 Å². The van der Waals surface area contributed by atoms with Gasteiger partial charge in [0.1, 0.15) is 0 Å². The molecule has 4 rings (SSSR count). The maximum absolute atomic E-state index is 6.07. The van der Waals surface area contributed by atoms with Gasteiger partial charge in [0.25, 0.3) is 0 Å². The molecule has 0 atom stereocenters. The number of aromatic nitrogens is 2. The summed E-state index contributed by atoms with van der Waals surface area (Å²) in [5.41, 5.74) is 4.71. The third-order valence-corrected chi connectivity index (χ3v) is 4.19. The van der Waals surface area contributed by atoms with E-state index in [2.05, 4.69) is 21.3 Å². The number of rotatable bonds is 1. The third kappa shape index (κ3) is 1.96. The largest absolute Gasteiger partial charge is 0.338 e. The summed E-state index contributed by atoms with van der Waals surface area (Å²) >= 11 is 6.07. The van der Waals surface area contributed by atoms with Gasteiger partial charge in [0.05, 0.1) is 5.69 Å². The maximum Gasteiger partial charge on any atom is 0.225 e. The molecule has 1 N–H and O–H groups in total. The van der Waals surface area contributed by atoms with E-state index in [4.69, 9.17) is 16.6 Å². The fraction of sp³-hybridized carbons (Fsp3) is 0.333. The number of nitrogens with zero attached hydrogens (tertiary/aromatic N) is 3. The molecule has 0 bridgehead atoms. The zero-order valence-corrected chi connectivity index (χ0v) is 11.8. The van der Waals surface area contributed by atoms with Gasteiger partial charge in [-0.2, -0.15) is 0 Å². The Morgan fingerprint density at radius 3 is 2.85 bits per heavy atom. The second-order valence-electron chi connectivity index (χ2n) is 5.26. The van der Waals surface area contributed by atoms with Gasteiger partial charge >= 0.3 is 0 Å². The minimum absolute atomic E-state index is 0.784. The Morgan fingerprint density at radius 2 is 2.00 bits per heavy atom. The molecule has 1 aromatic heterocycles. The van der Waals surface area contributed by atoms with Crippen molar-refractivity contribution in [2.75, 3.05) is 31.1 Å². The highest BCUT2D eigenvalue weighted by Crippen LogP contribution is 2.36. The van der Waals surface area contributed by atoms with Gasteiger partial charge in [0, 0.05) is 54.9 Å². The Labute approximate surface area is 122 Å². The van der Waals surface area contributed by atoms with E-state index < -0.39 is 0 Å². The van der Waals surface area contributed by atoms with Gasteiger partial charge in [-0.1, -0.05) is 17.7 Å². The molecule has 20 heavy (non-hydrogen) atoms. The molecule has 5 heteroatoms. The van der Waals surface area contributed by atoms with Crippen molar-refractivity contribution < 1.29 is 0 Å². The molecule has 0 saturated carbocycles. The number of anilines is 1. The summed E-state index contributed by atoms with van der Waals surface area (Å²) in [6, 6.07) is 6.03. The van der Waals surface area contributed by atoms with Crippen LogP contribution in [-0.4, -0.2) is 36.1 Å². The molecular formula is C15H15ClN4. The zero-order valence-electron chi connectivity index (χ0n) is 11.1. The topological polar surface area (TPSA) is 41.1 Å². The Hall–Kier alpha value is -1.65. The van der Waals surface area contributed by atoms with Crippen molar-refractivity contribution >= 4 is 17.5 Å². The molecule has 1 saturated heterocycles. The predicted molar refractivity (Wildman–Crippen MR) is 80.4 cm³/mol. The molecule has 0 spiro atoms. The van der Waals surface area contributed by atoms with Crippen molar-refractivity contribution in [2.45, 2.75) is 6.42 Å². The number of benzene rings is 1. The Morgan fingerprint density at radius 1 is 1.15 bits per heavy atom. The Balaban J connectivity index is 1.74. The van der Waals surface area contributed by atoms with Crippen LogP contribution in [0.4, 0.5) is 5.95 Å². The van der Waals surface area contributed by atoms with Crippen LogP contribution < -0.4 is 10.2 Å². The van der Waals surface area contributed by atoms with E-state index >= 15 is 0 Å². The van der Waals surface area contributed by atoms with E-state index in [0.29, 0.717) is 0 Å². The Kier molecular flexibility index (Phi) is 2.86. The lowest BCUT2D eigenvalue weighted by Gasteiger charge is -2.27. The first-order valence-electron chi connectivity index (χ1n) is 6.91. The van der Waals surface area contributed by atoms with Crippen molar-refractivity contribution in [3.8, 4) is 11.3 Å². The molecule has 0 amide bonds. The van der Waals surface area contributed by atoms with E-state index in [1.54, 1.807) is 0 Å². The fourth-order valence-corrected chi connectivity index (χ4v) is 3.12. The molecule has 0 radical (unpaired) electrons. The fourth-order valence-electron chi connectivity index (χ4n) is 2.92. The summed E-state index contributed by atoms with van der Waals surface area (Å²) in [5.74, 6) is 0.841. The van der Waals surface area contributed by atoms with Crippen LogP contribution in [0, 0.1) is 0 Å². The number of hydrogen-bond acceptors (Lipinski definition) is 4. The lowest BCUT2D eigenvalue weighted by atomic mass is 10.1. The first-order valence-corrected chi connectivity index (χ1v) is 7.29. The molecule has 1 fully saturated rings. The summed E-state index contributed by atoms with van der Waals surface area (Å²) < 4.78 is 0. The standard InChI is InChI=1S/C15H15ClN4/c16-12-1-2-13-10(8-12)7-11-9-18-15(19-14(11)13)20-5-3-17-4-6-20/h1-2,8-9,17H,3-7H2. The number of hydrogen-bond donors (Lipinski definition) is 1. The first kappa shape index (κ1) is 12.1. The van der Waals surface area contributed by atoms with E-state index in [1.165, 1.54) is 16.7 Å². The summed E-state index contributed by atoms with van der Waals surface area (Å²) in [6.07, 6.45) is 2.85. The SMILES string of the molecule is Clc1ccc2c(c1)Cc1cnc(N3CCNCC3)nc1-2. The van der Waals surface area contributed by atoms with Crippen LogP contribution in [0.25, 0.3) is 11.3 Å². The number of nitrogens with one attached hydrogen (secondary N) is 1. The van der Waals surface area contributed by atoms with Crippen LogP contribution in [0.15, 0.2) is 24.4 Å². The van der Waals surface area contributed by atoms with Gasteiger partial charge in [-0.15, -0.1) is 0 Å². The van der Waals surface area contributed by atoms with E-state index in [-0.39, 0.29) is 0 Å². The van der Waals surface area contributed by atoms with Gasteiger partial charge in [0.2, 0.25) is 5.95 Å².